The number of amides is 1. The van der Waals surface area contributed by atoms with E-state index in [0.717, 1.165) is 32.1 Å². The van der Waals surface area contributed by atoms with E-state index in [9.17, 15) is 21.6 Å². The molecule has 1 heterocycles. The van der Waals surface area contributed by atoms with Gasteiger partial charge in [-0.1, -0.05) is 37.5 Å². The number of hydrogen-bond acceptors (Lipinski definition) is 5. The molecule has 1 N–H and O–H groups in total. The van der Waals surface area contributed by atoms with Crippen molar-refractivity contribution < 1.29 is 21.6 Å². The molecule has 35 heavy (non-hydrogen) atoms. The molecule has 0 radical (unpaired) electrons. The van der Waals surface area contributed by atoms with Crippen molar-refractivity contribution in [3.8, 4) is 0 Å². The minimum Gasteiger partial charge on any atom is -0.325 e. The molecular weight excluding hydrogens is 486 g/mol. The Bertz CT molecular complexity index is 1230. The van der Waals surface area contributed by atoms with E-state index >= 15 is 0 Å². The van der Waals surface area contributed by atoms with Gasteiger partial charge in [0.15, 0.2) is 0 Å². The van der Waals surface area contributed by atoms with Crippen molar-refractivity contribution in [2.24, 2.45) is 0 Å². The second-order valence-electron chi connectivity index (χ2n) is 9.33. The molecule has 1 saturated carbocycles. The first-order valence-corrected chi connectivity index (χ1v) is 15.1. The van der Waals surface area contributed by atoms with E-state index in [1.807, 2.05) is 13.0 Å². The van der Waals surface area contributed by atoms with E-state index in [1.165, 1.54) is 32.9 Å². The molecule has 1 amide bonds. The first-order chi connectivity index (χ1) is 16.7. The zero-order valence-electron chi connectivity index (χ0n) is 20.0. The zero-order valence-corrected chi connectivity index (χ0v) is 21.6. The summed E-state index contributed by atoms with van der Waals surface area (Å²) in [6, 6.07) is 14.0. The lowest BCUT2D eigenvalue weighted by Gasteiger charge is -2.32. The first-order valence-electron chi connectivity index (χ1n) is 12.2. The number of hydrogen-bond donors (Lipinski definition) is 1. The van der Waals surface area contributed by atoms with Gasteiger partial charge in [0.05, 0.1) is 16.3 Å². The molecule has 0 aromatic heterocycles. The van der Waals surface area contributed by atoms with Gasteiger partial charge in [-0.2, -0.15) is 8.61 Å². The summed E-state index contributed by atoms with van der Waals surface area (Å²) in [5.41, 5.74) is 0.600. The van der Waals surface area contributed by atoms with Gasteiger partial charge in [-0.3, -0.25) is 4.79 Å². The van der Waals surface area contributed by atoms with E-state index in [2.05, 4.69) is 5.32 Å². The molecule has 1 aliphatic carbocycles. The van der Waals surface area contributed by atoms with Crippen molar-refractivity contribution in [1.29, 1.82) is 0 Å². The number of rotatable bonds is 8. The number of carbonyl (C=O) groups is 1. The van der Waals surface area contributed by atoms with E-state index in [1.54, 1.807) is 24.3 Å². The van der Waals surface area contributed by atoms with Crippen LogP contribution >= 0.6 is 0 Å². The highest BCUT2D eigenvalue weighted by atomic mass is 32.2. The Labute approximate surface area is 208 Å². The number of sulfonamides is 2. The number of anilines is 1. The third-order valence-electron chi connectivity index (χ3n) is 6.87. The topological polar surface area (TPSA) is 104 Å². The smallest absolute Gasteiger partial charge is 0.243 e. The molecule has 8 nitrogen and oxygen atoms in total. The van der Waals surface area contributed by atoms with Gasteiger partial charge in [0.2, 0.25) is 26.0 Å². The summed E-state index contributed by atoms with van der Waals surface area (Å²) in [5.74, 6) is -0.412. The van der Waals surface area contributed by atoms with Gasteiger partial charge in [-0.05, 0) is 69.0 Å². The Kier molecular flexibility index (Phi) is 7.95. The molecular formula is C25H33N3O5S2. The Morgan fingerprint density at radius 1 is 0.886 bits per heavy atom. The van der Waals surface area contributed by atoms with Crippen molar-refractivity contribution in [3.63, 3.8) is 0 Å². The van der Waals surface area contributed by atoms with Gasteiger partial charge in [0.1, 0.15) is 0 Å². The maximum atomic E-state index is 13.6. The standard InChI is InChI=1S/C25H33N3O5S2/c1-20-9-7-8-18-27(20)34(30,31)23-14-16-24(17-15-23)35(32,33)28(22-12-5-6-13-22)19-25(29)26-21-10-3-2-4-11-21/h2-4,10-11,14-17,20,22H,5-9,12-13,18-19H2,1H3,(H,26,29)/t20-/m0/s1. The molecule has 190 valence electrons. The predicted octanol–water partition coefficient (Wildman–Crippen LogP) is 3.82. The SMILES string of the molecule is C[C@H]1CCCCN1S(=O)(=O)c1ccc(S(=O)(=O)N(CC(=O)Nc2ccccc2)C2CCCC2)cc1. The molecule has 0 bridgehead atoms. The Morgan fingerprint density at radius 2 is 1.49 bits per heavy atom. The van der Waals surface area contributed by atoms with Crippen molar-refractivity contribution in [2.75, 3.05) is 18.4 Å². The van der Waals surface area contributed by atoms with Crippen molar-refractivity contribution in [1.82, 2.24) is 8.61 Å². The molecule has 1 atom stereocenters. The first kappa shape index (κ1) is 25.8. The van der Waals surface area contributed by atoms with Crippen LogP contribution in [0.15, 0.2) is 64.4 Å². The van der Waals surface area contributed by atoms with Gasteiger partial charge in [0.25, 0.3) is 0 Å². The summed E-state index contributed by atoms with van der Waals surface area (Å²) in [5, 5.41) is 2.76. The summed E-state index contributed by atoms with van der Waals surface area (Å²) in [6.45, 7) is 2.07. The van der Waals surface area contributed by atoms with Crippen LogP contribution in [0.4, 0.5) is 5.69 Å². The molecule has 2 fully saturated rings. The van der Waals surface area contributed by atoms with Crippen LogP contribution in [0, 0.1) is 0 Å². The fourth-order valence-electron chi connectivity index (χ4n) is 4.95. The third kappa shape index (κ3) is 5.77. The molecule has 1 aliphatic heterocycles. The fraction of sp³-hybridized carbons (Fsp3) is 0.480. The summed E-state index contributed by atoms with van der Waals surface area (Å²) >= 11 is 0. The van der Waals surface area contributed by atoms with Crippen LogP contribution < -0.4 is 5.32 Å². The molecule has 2 aliphatic rings. The fourth-order valence-corrected chi connectivity index (χ4v) is 8.29. The summed E-state index contributed by atoms with van der Waals surface area (Å²) in [4.78, 5) is 12.8. The van der Waals surface area contributed by atoms with E-state index in [-0.39, 0.29) is 28.4 Å². The lowest BCUT2D eigenvalue weighted by atomic mass is 10.1. The Hall–Kier alpha value is -2.27. The number of carbonyl (C=O) groups excluding carboxylic acids is 1. The summed E-state index contributed by atoms with van der Waals surface area (Å²) in [7, 11) is -7.71. The molecule has 2 aromatic carbocycles. The normalized spacial score (nSPS) is 20.2. The largest absolute Gasteiger partial charge is 0.325 e. The van der Waals surface area contributed by atoms with Crippen molar-refractivity contribution in [3.05, 3.63) is 54.6 Å². The summed E-state index contributed by atoms with van der Waals surface area (Å²) < 4.78 is 56.3. The van der Waals surface area contributed by atoms with E-state index in [4.69, 9.17) is 0 Å². The number of nitrogens with zero attached hydrogens (tertiary/aromatic N) is 2. The van der Waals surface area contributed by atoms with Crippen LogP contribution in [0.25, 0.3) is 0 Å². The molecule has 2 aromatic rings. The summed E-state index contributed by atoms with van der Waals surface area (Å²) in [6.07, 6.45) is 5.82. The predicted molar refractivity (Wildman–Crippen MR) is 135 cm³/mol. The van der Waals surface area contributed by atoms with Crippen LogP contribution in [0.3, 0.4) is 0 Å². The van der Waals surface area contributed by atoms with Gasteiger partial charge in [-0.25, -0.2) is 16.8 Å². The van der Waals surface area contributed by atoms with Crippen LogP contribution in [-0.4, -0.2) is 56.5 Å². The maximum Gasteiger partial charge on any atom is 0.243 e. The number of para-hydroxylation sites is 1. The lowest BCUT2D eigenvalue weighted by molar-refractivity contribution is -0.116. The van der Waals surface area contributed by atoms with Crippen molar-refractivity contribution >= 4 is 31.6 Å². The third-order valence-corrected chi connectivity index (χ3v) is 10.8. The maximum absolute atomic E-state index is 13.6. The average molecular weight is 520 g/mol. The minimum absolute atomic E-state index is 0.0115. The van der Waals surface area contributed by atoms with Crippen LogP contribution in [0.2, 0.25) is 0 Å². The Morgan fingerprint density at radius 3 is 2.11 bits per heavy atom. The minimum atomic E-state index is -4.01. The number of benzene rings is 2. The van der Waals surface area contributed by atoms with Gasteiger partial charge >= 0.3 is 0 Å². The van der Waals surface area contributed by atoms with Crippen molar-refractivity contribution in [2.45, 2.75) is 73.7 Å². The zero-order chi connectivity index (χ0) is 25.1. The molecule has 0 unspecified atom stereocenters. The van der Waals surface area contributed by atoms with Gasteiger partial charge < -0.3 is 5.32 Å². The van der Waals surface area contributed by atoms with E-state index < -0.39 is 26.0 Å². The van der Waals surface area contributed by atoms with Crippen LogP contribution in [0.5, 0.6) is 0 Å². The monoisotopic (exact) mass is 519 g/mol. The van der Waals surface area contributed by atoms with Gasteiger partial charge in [0, 0.05) is 24.3 Å². The average Bonchev–Trinajstić information content (AvgIpc) is 3.38. The number of nitrogens with one attached hydrogen (secondary N) is 1. The highest BCUT2D eigenvalue weighted by Crippen LogP contribution is 2.30. The Balaban J connectivity index is 1.56. The molecule has 10 heteroatoms. The van der Waals surface area contributed by atoms with Crippen LogP contribution in [0.1, 0.15) is 51.9 Å². The highest BCUT2D eigenvalue weighted by molar-refractivity contribution is 7.89. The highest BCUT2D eigenvalue weighted by Gasteiger charge is 2.36. The second kappa shape index (κ2) is 10.8. The van der Waals surface area contributed by atoms with E-state index in [0.29, 0.717) is 25.1 Å². The molecule has 1 saturated heterocycles. The number of piperidine rings is 1. The van der Waals surface area contributed by atoms with Gasteiger partial charge in [-0.15, -0.1) is 0 Å². The quantitative estimate of drug-likeness (QED) is 0.571. The second-order valence-corrected chi connectivity index (χ2v) is 13.1. The molecule has 4 rings (SSSR count). The lowest BCUT2D eigenvalue weighted by Crippen LogP contribution is -2.43. The van der Waals surface area contributed by atoms with Crippen LogP contribution in [-0.2, 0) is 24.8 Å². The molecule has 0 spiro atoms.